The van der Waals surface area contributed by atoms with Gasteiger partial charge in [-0.1, -0.05) is 58.5 Å². The summed E-state index contributed by atoms with van der Waals surface area (Å²) in [6.45, 7) is 6.32. The van der Waals surface area contributed by atoms with E-state index < -0.39 is 40.0 Å². The van der Waals surface area contributed by atoms with E-state index in [0.717, 1.165) is 10.6 Å². The van der Waals surface area contributed by atoms with Crippen molar-refractivity contribution in [3.05, 3.63) is 62.1 Å². The molecule has 1 unspecified atom stereocenters. The van der Waals surface area contributed by atoms with E-state index >= 15 is 0 Å². The molecular formula is C23H27Cl4N3O4S. The lowest BCUT2D eigenvalue weighted by molar-refractivity contribution is -0.140. The van der Waals surface area contributed by atoms with Crippen LogP contribution in [-0.2, 0) is 26.2 Å². The Balaban J connectivity index is 2.49. The topological polar surface area (TPSA) is 86.8 Å². The summed E-state index contributed by atoms with van der Waals surface area (Å²) in [6.07, 6.45) is 0.952. The van der Waals surface area contributed by atoms with Crippen molar-refractivity contribution < 1.29 is 18.0 Å². The van der Waals surface area contributed by atoms with E-state index in [1.165, 1.54) is 29.2 Å². The lowest BCUT2D eigenvalue weighted by Crippen LogP contribution is -2.54. The third-order valence-electron chi connectivity index (χ3n) is 4.90. The van der Waals surface area contributed by atoms with Crippen LogP contribution in [0.2, 0.25) is 20.1 Å². The SMILES string of the molecule is CC(C(=O)NC(C)(C)C)N(Cc1ccc(Cl)cc1Cl)C(=O)CN(c1cccc(Cl)c1Cl)S(C)(=O)=O. The quantitative estimate of drug-likeness (QED) is 0.451. The molecule has 0 spiro atoms. The first-order chi connectivity index (χ1) is 16.0. The van der Waals surface area contributed by atoms with Crippen molar-refractivity contribution in [2.24, 2.45) is 0 Å². The number of sulfonamides is 1. The number of rotatable bonds is 8. The highest BCUT2D eigenvalue weighted by Crippen LogP contribution is 2.34. The van der Waals surface area contributed by atoms with Gasteiger partial charge in [-0.15, -0.1) is 0 Å². The fraction of sp³-hybridized carbons (Fsp3) is 0.391. The average molecular weight is 583 g/mol. The van der Waals surface area contributed by atoms with E-state index in [0.29, 0.717) is 15.6 Å². The number of carbonyl (C=O) groups excluding carboxylic acids is 2. The predicted octanol–water partition coefficient (Wildman–Crippen LogP) is 5.40. The Morgan fingerprint density at radius 1 is 1.03 bits per heavy atom. The zero-order chi connectivity index (χ0) is 26.7. The second-order valence-electron chi connectivity index (χ2n) is 9.02. The maximum absolute atomic E-state index is 13.6. The van der Waals surface area contributed by atoms with Crippen molar-refractivity contribution in [3.8, 4) is 0 Å². The van der Waals surface area contributed by atoms with Crippen LogP contribution >= 0.6 is 46.4 Å². The fourth-order valence-corrected chi connectivity index (χ4v) is 4.94. The molecule has 7 nitrogen and oxygen atoms in total. The maximum atomic E-state index is 13.6. The summed E-state index contributed by atoms with van der Waals surface area (Å²) < 4.78 is 26.1. The standard InChI is InChI=1S/C23H27Cl4N3O4S/c1-14(22(32)28-23(2,3)4)29(12-15-9-10-16(24)11-18(15)26)20(31)13-30(35(5,33)34)19-8-6-7-17(25)21(19)27/h6-11,14H,12-13H2,1-5H3,(H,28,32). The molecule has 192 valence electrons. The van der Waals surface area contributed by atoms with E-state index in [2.05, 4.69) is 5.32 Å². The van der Waals surface area contributed by atoms with Crippen molar-refractivity contribution >= 4 is 73.9 Å². The van der Waals surface area contributed by atoms with Gasteiger partial charge in [0.25, 0.3) is 0 Å². The molecule has 0 aliphatic carbocycles. The molecule has 0 aromatic heterocycles. The number of nitrogens with zero attached hydrogens (tertiary/aromatic N) is 2. The Labute approximate surface area is 226 Å². The minimum Gasteiger partial charge on any atom is -0.350 e. The summed E-state index contributed by atoms with van der Waals surface area (Å²) in [4.78, 5) is 27.8. The summed E-state index contributed by atoms with van der Waals surface area (Å²) in [6, 6.07) is 8.29. The van der Waals surface area contributed by atoms with Crippen LogP contribution < -0.4 is 9.62 Å². The summed E-state index contributed by atoms with van der Waals surface area (Å²) in [5.41, 5.74) is 0.0308. The van der Waals surface area contributed by atoms with Crippen molar-refractivity contribution in [3.63, 3.8) is 0 Å². The lowest BCUT2D eigenvalue weighted by atomic mass is 10.1. The van der Waals surface area contributed by atoms with Gasteiger partial charge in [-0.2, -0.15) is 0 Å². The Morgan fingerprint density at radius 2 is 1.66 bits per heavy atom. The normalized spacial score (nSPS) is 12.7. The van der Waals surface area contributed by atoms with E-state index in [4.69, 9.17) is 46.4 Å². The first-order valence-electron chi connectivity index (χ1n) is 10.5. The van der Waals surface area contributed by atoms with Gasteiger partial charge in [-0.25, -0.2) is 8.42 Å². The second-order valence-corrected chi connectivity index (χ2v) is 12.6. The maximum Gasteiger partial charge on any atom is 0.244 e. The number of hydrogen-bond donors (Lipinski definition) is 1. The molecule has 0 aliphatic heterocycles. The molecule has 35 heavy (non-hydrogen) atoms. The van der Waals surface area contributed by atoms with Gasteiger partial charge in [-0.3, -0.25) is 13.9 Å². The molecule has 1 N–H and O–H groups in total. The fourth-order valence-electron chi connectivity index (χ4n) is 3.17. The van der Waals surface area contributed by atoms with Crippen molar-refractivity contribution in [1.29, 1.82) is 0 Å². The third kappa shape index (κ3) is 8.15. The number of anilines is 1. The first kappa shape index (κ1) is 29.5. The van der Waals surface area contributed by atoms with E-state index in [1.54, 1.807) is 19.1 Å². The number of carbonyl (C=O) groups is 2. The predicted molar refractivity (Wildman–Crippen MR) is 143 cm³/mol. The van der Waals surface area contributed by atoms with Crippen molar-refractivity contribution in [1.82, 2.24) is 10.2 Å². The van der Waals surface area contributed by atoms with Crippen LogP contribution in [0.15, 0.2) is 36.4 Å². The van der Waals surface area contributed by atoms with Crippen molar-refractivity contribution in [2.45, 2.75) is 45.8 Å². The van der Waals surface area contributed by atoms with Crippen LogP contribution in [0.5, 0.6) is 0 Å². The van der Waals surface area contributed by atoms with Crippen LogP contribution in [0, 0.1) is 0 Å². The smallest absolute Gasteiger partial charge is 0.244 e. The van der Waals surface area contributed by atoms with E-state index in [9.17, 15) is 18.0 Å². The minimum absolute atomic E-state index is 0.0155. The molecule has 0 saturated heterocycles. The van der Waals surface area contributed by atoms with Crippen LogP contribution in [0.25, 0.3) is 0 Å². The molecule has 12 heteroatoms. The first-order valence-corrected chi connectivity index (χ1v) is 13.8. The van der Waals surface area contributed by atoms with Gasteiger partial charge in [-0.05, 0) is 57.5 Å². The minimum atomic E-state index is -3.95. The van der Waals surface area contributed by atoms with Gasteiger partial charge in [0, 0.05) is 22.1 Å². The molecule has 0 fully saturated rings. The van der Waals surface area contributed by atoms with E-state index in [-0.39, 0.29) is 22.3 Å². The number of amides is 2. The van der Waals surface area contributed by atoms with Gasteiger partial charge >= 0.3 is 0 Å². The third-order valence-corrected chi connectivity index (χ3v) is 7.42. The van der Waals surface area contributed by atoms with Crippen LogP contribution in [-0.4, -0.2) is 49.5 Å². The zero-order valence-electron chi connectivity index (χ0n) is 19.9. The monoisotopic (exact) mass is 581 g/mol. The average Bonchev–Trinajstić information content (AvgIpc) is 2.71. The number of halogens is 4. The van der Waals surface area contributed by atoms with Gasteiger partial charge in [0.05, 0.1) is 22.0 Å². The van der Waals surface area contributed by atoms with Crippen molar-refractivity contribution in [2.75, 3.05) is 17.1 Å². The Bertz CT molecular complexity index is 1220. The highest BCUT2D eigenvalue weighted by Gasteiger charge is 2.32. The molecule has 0 radical (unpaired) electrons. The number of hydrogen-bond acceptors (Lipinski definition) is 4. The summed E-state index contributed by atoms with van der Waals surface area (Å²) in [7, 11) is -3.95. The molecule has 2 aromatic carbocycles. The van der Waals surface area contributed by atoms with Crippen LogP contribution in [0.1, 0.15) is 33.3 Å². The van der Waals surface area contributed by atoms with Gasteiger partial charge in [0.15, 0.2) is 0 Å². The summed E-state index contributed by atoms with van der Waals surface area (Å²) in [5.74, 6) is -1.06. The summed E-state index contributed by atoms with van der Waals surface area (Å²) in [5, 5.41) is 3.67. The number of benzene rings is 2. The highest BCUT2D eigenvalue weighted by atomic mass is 35.5. The molecular weight excluding hydrogens is 556 g/mol. The Kier molecular flexibility index (Phi) is 9.75. The largest absolute Gasteiger partial charge is 0.350 e. The Morgan fingerprint density at radius 3 is 2.20 bits per heavy atom. The molecule has 2 aromatic rings. The van der Waals surface area contributed by atoms with Crippen LogP contribution in [0.3, 0.4) is 0 Å². The molecule has 0 bridgehead atoms. The molecule has 2 rings (SSSR count). The molecule has 2 amide bonds. The summed E-state index contributed by atoms with van der Waals surface area (Å²) >= 11 is 24.6. The molecule has 0 saturated carbocycles. The van der Waals surface area contributed by atoms with E-state index in [1.807, 2.05) is 20.8 Å². The molecule has 0 aliphatic rings. The van der Waals surface area contributed by atoms with Gasteiger partial charge in [0.2, 0.25) is 21.8 Å². The lowest BCUT2D eigenvalue weighted by Gasteiger charge is -2.33. The molecule has 1 atom stereocenters. The van der Waals surface area contributed by atoms with Gasteiger partial charge < -0.3 is 10.2 Å². The Hall–Kier alpha value is -1.71. The molecule has 0 heterocycles. The van der Waals surface area contributed by atoms with Gasteiger partial charge in [0.1, 0.15) is 12.6 Å². The van der Waals surface area contributed by atoms with Crippen LogP contribution in [0.4, 0.5) is 5.69 Å². The highest BCUT2D eigenvalue weighted by molar-refractivity contribution is 7.92. The number of nitrogens with one attached hydrogen (secondary N) is 1. The zero-order valence-corrected chi connectivity index (χ0v) is 23.7. The second kappa shape index (κ2) is 11.6.